The van der Waals surface area contributed by atoms with E-state index in [0.29, 0.717) is 28.7 Å². The molecule has 63 heavy (non-hydrogen) atoms. The van der Waals surface area contributed by atoms with Crippen LogP contribution in [-0.4, -0.2) is 53.2 Å². The summed E-state index contributed by atoms with van der Waals surface area (Å²) in [6.07, 6.45) is 0.214. The Morgan fingerprint density at radius 2 is 0.968 bits per heavy atom. The summed E-state index contributed by atoms with van der Waals surface area (Å²) in [7, 11) is 0. The number of hydrogen-bond donors (Lipinski definition) is 4. The summed E-state index contributed by atoms with van der Waals surface area (Å²) in [6.45, 7) is 2.33. The van der Waals surface area contributed by atoms with Crippen molar-refractivity contribution in [3.8, 4) is 0 Å². The lowest BCUT2D eigenvalue weighted by molar-refractivity contribution is -0.127. The van der Waals surface area contributed by atoms with E-state index in [2.05, 4.69) is 41.7 Å². The van der Waals surface area contributed by atoms with Crippen molar-refractivity contribution in [1.82, 2.24) is 0 Å². The zero-order valence-electron chi connectivity index (χ0n) is 33.4. The van der Waals surface area contributed by atoms with E-state index in [1.165, 1.54) is 54.6 Å². The molecule has 5 aromatic carbocycles. The van der Waals surface area contributed by atoms with Gasteiger partial charge >= 0.3 is 0 Å². The van der Waals surface area contributed by atoms with Gasteiger partial charge in [-0.25, -0.2) is 0 Å². The summed E-state index contributed by atoms with van der Waals surface area (Å²) in [5, 5.41) is 26.7. The number of rotatable bonds is 18. The predicted octanol–water partition coefficient (Wildman–Crippen LogP) is 11.1. The highest BCUT2D eigenvalue weighted by Crippen LogP contribution is 2.32. The Bertz CT molecular complexity index is 2590. The number of ketones is 2. The van der Waals surface area contributed by atoms with Gasteiger partial charge in [0.15, 0.2) is 11.6 Å². The molecule has 0 bridgehead atoms. The lowest BCUT2D eigenvalue weighted by Gasteiger charge is -2.15. The summed E-state index contributed by atoms with van der Waals surface area (Å²) in [4.78, 5) is 78.1. The molecule has 2 atom stereocenters. The fraction of sp³-hybridized carbons (Fsp3) is 0.182. The van der Waals surface area contributed by atoms with Crippen LogP contribution in [0.1, 0.15) is 51.3 Å². The van der Waals surface area contributed by atoms with E-state index in [4.69, 9.17) is 58.0 Å². The zero-order valence-corrected chi connectivity index (χ0v) is 37.2. The van der Waals surface area contributed by atoms with Crippen LogP contribution in [0.4, 0.5) is 34.1 Å². The molecule has 4 amide bonds. The molecule has 0 aromatic heterocycles. The van der Waals surface area contributed by atoms with Gasteiger partial charge in [-0.2, -0.15) is 20.5 Å². The van der Waals surface area contributed by atoms with Gasteiger partial charge in [0.05, 0.1) is 21.2 Å². The number of nitrogens with one attached hydrogen (secondary N) is 4. The van der Waals surface area contributed by atoms with Gasteiger partial charge in [0.2, 0.25) is 12.1 Å². The molecule has 0 aliphatic carbocycles. The minimum Gasteiger partial charge on any atom is -0.324 e. The standard InChI is InChI=1S/C44H37Cl5N8O6/c1-24(58)39(56-54-35-7-3-5-32(37(35)48)41(60)50-29-13-9-26(22-46)10-14-29)43(62)52-31-17-18-34(28(21-31)19-20-45)53-44(63)40(25(2)59)57-55-36-8-4-6-33(38(36)49)42(61)51-30-15-11-27(23-47)12-16-30/h3-18,21,39-40H,19-20,22-23H2,1-2H3,(H,50,60)(H,51,61)(H,52,62)(H,53,63). The number of anilines is 4. The van der Waals surface area contributed by atoms with E-state index >= 15 is 0 Å². The Hall–Kier alpha value is -6.03. The SMILES string of the molecule is CC(=O)C(N=Nc1cccc(C(=O)Nc2ccc(CCl)cc2)c1Cl)C(=O)Nc1ccc(NC(=O)C(N=Nc2cccc(C(=O)Nc3ccc(CCl)cc3)c2Cl)C(C)=O)c(CCCl)c1. The molecule has 0 aliphatic heterocycles. The summed E-state index contributed by atoms with van der Waals surface area (Å²) in [5.74, 6) is -3.24. The zero-order chi connectivity index (χ0) is 45.6. The topological polar surface area (TPSA) is 200 Å². The van der Waals surface area contributed by atoms with E-state index in [-0.39, 0.29) is 56.2 Å². The third-order valence-electron chi connectivity index (χ3n) is 9.00. The summed E-state index contributed by atoms with van der Waals surface area (Å²) in [5.41, 5.74) is 3.95. The molecule has 324 valence electrons. The monoisotopic (exact) mass is 948 g/mol. The number of nitrogens with zero attached hydrogens (tertiary/aromatic N) is 4. The molecule has 5 aromatic rings. The lowest BCUT2D eigenvalue weighted by atomic mass is 10.1. The third kappa shape index (κ3) is 13.0. The van der Waals surface area contributed by atoms with Crippen LogP contribution in [-0.2, 0) is 37.4 Å². The van der Waals surface area contributed by atoms with Gasteiger partial charge in [0.25, 0.3) is 23.6 Å². The van der Waals surface area contributed by atoms with E-state index in [9.17, 15) is 28.8 Å². The number of amides is 4. The van der Waals surface area contributed by atoms with Gasteiger partial charge < -0.3 is 21.3 Å². The Morgan fingerprint density at radius 1 is 0.540 bits per heavy atom. The Labute approximate surface area is 386 Å². The third-order valence-corrected chi connectivity index (χ3v) is 10.6. The number of alkyl halides is 3. The van der Waals surface area contributed by atoms with Crippen LogP contribution >= 0.6 is 58.0 Å². The minimum absolute atomic E-state index is 0.0389. The van der Waals surface area contributed by atoms with Crippen molar-refractivity contribution in [3.63, 3.8) is 0 Å². The molecule has 0 aliphatic rings. The number of Topliss-reactive ketones (excluding diaryl/α,β-unsaturated/α-hetero) is 2. The lowest BCUT2D eigenvalue weighted by Crippen LogP contribution is -2.32. The smallest absolute Gasteiger partial charge is 0.258 e. The van der Waals surface area contributed by atoms with Crippen molar-refractivity contribution in [1.29, 1.82) is 0 Å². The molecule has 0 spiro atoms. The Balaban J connectivity index is 1.27. The largest absolute Gasteiger partial charge is 0.324 e. The average molecular weight is 951 g/mol. The van der Waals surface area contributed by atoms with Gasteiger partial charge in [0, 0.05) is 40.4 Å². The number of carbonyl (C=O) groups excluding carboxylic acids is 6. The van der Waals surface area contributed by atoms with Gasteiger partial charge in [-0.1, -0.05) is 59.6 Å². The molecule has 0 fully saturated rings. The first-order valence-electron chi connectivity index (χ1n) is 18.9. The van der Waals surface area contributed by atoms with Gasteiger partial charge in [-0.15, -0.1) is 34.8 Å². The van der Waals surface area contributed by atoms with Crippen LogP contribution in [0.25, 0.3) is 0 Å². The normalized spacial score (nSPS) is 12.1. The molecule has 5 rings (SSSR count). The number of azo groups is 2. The fourth-order valence-electron chi connectivity index (χ4n) is 5.69. The molecule has 2 unspecified atom stereocenters. The molecule has 0 saturated carbocycles. The Kier molecular flexibility index (Phi) is 17.4. The molecule has 19 heteroatoms. The molecular weight excluding hydrogens is 914 g/mol. The maximum Gasteiger partial charge on any atom is 0.258 e. The molecule has 4 N–H and O–H groups in total. The summed E-state index contributed by atoms with van der Waals surface area (Å²) >= 11 is 30.8. The molecular formula is C44H37Cl5N8O6. The van der Waals surface area contributed by atoms with Crippen molar-refractivity contribution in [3.05, 3.63) is 141 Å². The number of halogens is 5. The predicted molar refractivity (Wildman–Crippen MR) is 247 cm³/mol. The second-order valence-electron chi connectivity index (χ2n) is 13.6. The molecule has 0 saturated heterocycles. The Morgan fingerprint density at radius 3 is 1.38 bits per heavy atom. The highest BCUT2D eigenvalue weighted by Gasteiger charge is 2.26. The highest BCUT2D eigenvalue weighted by atomic mass is 35.5. The van der Waals surface area contributed by atoms with E-state index < -0.39 is 47.3 Å². The van der Waals surface area contributed by atoms with E-state index in [1.807, 2.05) is 0 Å². The summed E-state index contributed by atoms with van der Waals surface area (Å²) in [6, 6.07) is 24.0. The molecule has 0 heterocycles. The van der Waals surface area contributed by atoms with Crippen molar-refractivity contribution in [2.45, 2.75) is 44.1 Å². The first-order valence-corrected chi connectivity index (χ1v) is 21.2. The maximum atomic E-state index is 13.5. The van der Waals surface area contributed by atoms with E-state index in [1.54, 1.807) is 48.5 Å². The van der Waals surface area contributed by atoms with Crippen LogP contribution in [0, 0.1) is 0 Å². The van der Waals surface area contributed by atoms with Crippen LogP contribution < -0.4 is 21.3 Å². The van der Waals surface area contributed by atoms with Crippen molar-refractivity contribution in [2.24, 2.45) is 20.5 Å². The highest BCUT2D eigenvalue weighted by molar-refractivity contribution is 6.37. The number of carbonyl (C=O) groups is 6. The average Bonchev–Trinajstić information content (AvgIpc) is 3.26. The van der Waals surface area contributed by atoms with Crippen LogP contribution in [0.3, 0.4) is 0 Å². The molecule has 14 nitrogen and oxygen atoms in total. The van der Waals surface area contributed by atoms with Gasteiger partial charge in [-0.3, -0.25) is 28.8 Å². The van der Waals surface area contributed by atoms with Crippen LogP contribution in [0.2, 0.25) is 10.0 Å². The van der Waals surface area contributed by atoms with Crippen LogP contribution in [0.15, 0.2) is 124 Å². The first kappa shape index (κ1) is 48.0. The minimum atomic E-state index is -1.61. The quantitative estimate of drug-likeness (QED) is 0.0382. The number of benzene rings is 5. The van der Waals surface area contributed by atoms with Crippen molar-refractivity contribution < 1.29 is 28.8 Å². The van der Waals surface area contributed by atoms with Crippen molar-refractivity contribution in [2.75, 3.05) is 27.1 Å². The summed E-state index contributed by atoms with van der Waals surface area (Å²) < 4.78 is 0. The maximum absolute atomic E-state index is 13.5. The van der Waals surface area contributed by atoms with Crippen molar-refractivity contribution >= 4 is 127 Å². The second kappa shape index (κ2) is 22.9. The van der Waals surface area contributed by atoms with E-state index in [0.717, 1.165) is 25.0 Å². The number of aryl methyl sites for hydroxylation is 1. The molecule has 0 radical (unpaired) electrons. The fourth-order valence-corrected chi connectivity index (χ4v) is 6.75. The van der Waals surface area contributed by atoms with Crippen LogP contribution in [0.5, 0.6) is 0 Å². The van der Waals surface area contributed by atoms with Gasteiger partial charge in [0.1, 0.15) is 11.4 Å². The number of hydrogen-bond acceptors (Lipinski definition) is 10. The van der Waals surface area contributed by atoms with Gasteiger partial charge in [-0.05, 0) is 104 Å². The first-order chi connectivity index (χ1) is 30.2. The second-order valence-corrected chi connectivity index (χ2v) is 15.3.